The summed E-state index contributed by atoms with van der Waals surface area (Å²) in [6, 6.07) is 20.4. The van der Waals surface area contributed by atoms with Crippen LogP contribution in [0.3, 0.4) is 0 Å². The number of hydrogen-bond acceptors (Lipinski definition) is 8. The van der Waals surface area contributed by atoms with Crippen LogP contribution in [0.5, 0.6) is 23.0 Å². The Hall–Kier alpha value is -4.64. The van der Waals surface area contributed by atoms with Gasteiger partial charge in [-0.2, -0.15) is 19.2 Å². The molecule has 0 amide bonds. The summed E-state index contributed by atoms with van der Waals surface area (Å²) < 4.78 is 0. The fourth-order valence-electron chi connectivity index (χ4n) is 2.50. The van der Waals surface area contributed by atoms with Crippen LogP contribution in [0.1, 0.15) is 0 Å². The summed E-state index contributed by atoms with van der Waals surface area (Å²) in [5, 5.41) is 40.3. The minimum atomic E-state index is 0.0891. The summed E-state index contributed by atoms with van der Waals surface area (Å²) >= 11 is 0. The Labute approximate surface area is 169 Å². The van der Waals surface area contributed by atoms with E-state index in [0.29, 0.717) is 0 Å². The Balaban J connectivity index is 0.000000239. The van der Waals surface area contributed by atoms with Crippen LogP contribution in [0.4, 0.5) is 0 Å². The van der Waals surface area contributed by atoms with Gasteiger partial charge in [-0.3, -0.25) is 0 Å². The minimum Gasteiger partial charge on any atom is -0.508 e. The van der Waals surface area contributed by atoms with Gasteiger partial charge in [0.05, 0.1) is 0 Å². The molecule has 0 saturated carbocycles. The number of aromatic hydroxyl groups is 4. The van der Waals surface area contributed by atoms with Crippen molar-refractivity contribution in [3.8, 4) is 23.0 Å². The second-order valence-electron chi connectivity index (χ2n) is 5.57. The SMILES string of the molecule is O=C=O.O=C=O.Oc1cc(O)c2ccccc2c1.Oc1ccc2cc(O)ccc2c1. The van der Waals surface area contributed by atoms with Gasteiger partial charge in [-0.25, -0.2) is 0 Å². The van der Waals surface area contributed by atoms with Crippen LogP contribution in [0.2, 0.25) is 0 Å². The molecule has 0 bridgehead atoms. The molecule has 30 heavy (non-hydrogen) atoms. The number of phenols is 4. The maximum absolute atomic E-state index is 9.39. The predicted molar refractivity (Wildman–Crippen MR) is 105 cm³/mol. The number of carbonyl (C=O) groups excluding carboxylic acids is 4. The van der Waals surface area contributed by atoms with Crippen LogP contribution < -0.4 is 0 Å². The molecule has 0 aliphatic heterocycles. The van der Waals surface area contributed by atoms with Gasteiger partial charge in [-0.15, -0.1) is 0 Å². The monoisotopic (exact) mass is 408 g/mol. The van der Waals surface area contributed by atoms with E-state index in [4.69, 9.17) is 34.5 Å². The number of rotatable bonds is 0. The van der Waals surface area contributed by atoms with Crippen molar-refractivity contribution in [3.63, 3.8) is 0 Å². The molecule has 8 heteroatoms. The molecule has 0 spiro atoms. The second kappa shape index (κ2) is 11.9. The lowest BCUT2D eigenvalue weighted by atomic mass is 10.1. The first-order chi connectivity index (χ1) is 14.4. The van der Waals surface area contributed by atoms with Crippen molar-refractivity contribution < 1.29 is 39.6 Å². The molecular formula is C22H16O8. The first kappa shape index (κ1) is 23.4. The third-order valence-corrected chi connectivity index (χ3v) is 3.63. The molecule has 4 rings (SSSR count). The third kappa shape index (κ3) is 7.17. The van der Waals surface area contributed by atoms with Gasteiger partial charge in [0.25, 0.3) is 0 Å². The maximum Gasteiger partial charge on any atom is 0.373 e. The van der Waals surface area contributed by atoms with Gasteiger partial charge in [-0.05, 0) is 46.5 Å². The Kier molecular flexibility index (Phi) is 9.32. The van der Waals surface area contributed by atoms with Crippen molar-refractivity contribution in [3.05, 3.63) is 72.8 Å². The van der Waals surface area contributed by atoms with Gasteiger partial charge in [0, 0.05) is 11.5 Å². The predicted octanol–water partition coefficient (Wildman–Crippen LogP) is 3.34. The van der Waals surface area contributed by atoms with Crippen LogP contribution in [0, 0.1) is 0 Å². The van der Waals surface area contributed by atoms with E-state index in [-0.39, 0.29) is 35.3 Å². The summed E-state index contributed by atoms with van der Waals surface area (Å²) in [6.07, 6.45) is 0.500. The maximum atomic E-state index is 9.39. The Morgan fingerprint density at radius 1 is 0.500 bits per heavy atom. The summed E-state index contributed by atoms with van der Waals surface area (Å²) in [7, 11) is 0. The molecule has 0 aliphatic rings. The third-order valence-electron chi connectivity index (χ3n) is 3.63. The van der Waals surface area contributed by atoms with Gasteiger partial charge in [0.1, 0.15) is 23.0 Å². The summed E-state index contributed by atoms with van der Waals surface area (Å²) in [5.74, 6) is 0.693. The van der Waals surface area contributed by atoms with Crippen LogP contribution >= 0.6 is 0 Å². The number of hydrogen-bond donors (Lipinski definition) is 4. The van der Waals surface area contributed by atoms with Gasteiger partial charge in [0.15, 0.2) is 0 Å². The minimum absolute atomic E-state index is 0.0891. The van der Waals surface area contributed by atoms with E-state index in [1.165, 1.54) is 6.07 Å². The van der Waals surface area contributed by atoms with Crippen LogP contribution in [0.25, 0.3) is 21.5 Å². The van der Waals surface area contributed by atoms with Gasteiger partial charge in [-0.1, -0.05) is 36.4 Å². The lowest BCUT2D eigenvalue weighted by Crippen LogP contribution is -1.73. The standard InChI is InChI=1S/2C10H8O2.2CO2/c11-9-3-1-7-5-10(12)4-2-8(7)6-9;11-8-5-7-3-1-2-4-9(7)10(12)6-8;2*2-1-3/h2*1-6,11-12H;;. The van der Waals surface area contributed by atoms with Gasteiger partial charge < -0.3 is 20.4 Å². The average molecular weight is 408 g/mol. The largest absolute Gasteiger partial charge is 0.508 e. The highest BCUT2D eigenvalue weighted by Gasteiger charge is 2.00. The van der Waals surface area contributed by atoms with E-state index >= 15 is 0 Å². The van der Waals surface area contributed by atoms with Crippen molar-refractivity contribution in [2.24, 2.45) is 0 Å². The molecule has 8 nitrogen and oxygen atoms in total. The Morgan fingerprint density at radius 3 is 1.43 bits per heavy atom. The molecule has 4 aromatic carbocycles. The van der Waals surface area contributed by atoms with Crippen LogP contribution in [-0.2, 0) is 19.2 Å². The fraction of sp³-hybridized carbons (Fsp3) is 0. The zero-order valence-corrected chi connectivity index (χ0v) is 15.4. The van der Waals surface area contributed by atoms with E-state index in [2.05, 4.69) is 0 Å². The number of fused-ring (bicyclic) bond motifs is 2. The molecule has 0 aliphatic carbocycles. The molecule has 152 valence electrons. The lowest BCUT2D eigenvalue weighted by molar-refractivity contribution is -0.193. The molecule has 0 fully saturated rings. The molecule has 0 radical (unpaired) electrons. The molecule has 0 unspecified atom stereocenters. The van der Waals surface area contributed by atoms with Crippen molar-refractivity contribution >= 4 is 33.8 Å². The highest BCUT2D eigenvalue weighted by Crippen LogP contribution is 2.29. The second-order valence-corrected chi connectivity index (χ2v) is 5.57. The van der Waals surface area contributed by atoms with Crippen molar-refractivity contribution in [2.45, 2.75) is 0 Å². The van der Waals surface area contributed by atoms with Crippen LogP contribution in [-0.4, -0.2) is 32.7 Å². The topological polar surface area (TPSA) is 149 Å². The van der Waals surface area contributed by atoms with E-state index in [9.17, 15) is 5.11 Å². The molecule has 0 aromatic heterocycles. The first-order valence-electron chi connectivity index (χ1n) is 8.17. The Bertz CT molecular complexity index is 1140. The van der Waals surface area contributed by atoms with E-state index in [1.54, 1.807) is 42.5 Å². The van der Waals surface area contributed by atoms with Crippen molar-refractivity contribution in [2.75, 3.05) is 0 Å². The van der Waals surface area contributed by atoms with E-state index in [1.807, 2.05) is 24.3 Å². The van der Waals surface area contributed by atoms with Crippen molar-refractivity contribution in [1.82, 2.24) is 0 Å². The van der Waals surface area contributed by atoms with E-state index < -0.39 is 0 Å². The normalized spacial score (nSPS) is 8.80. The van der Waals surface area contributed by atoms with Gasteiger partial charge >= 0.3 is 12.3 Å². The highest BCUT2D eigenvalue weighted by atomic mass is 16.3. The zero-order valence-electron chi connectivity index (χ0n) is 15.4. The lowest BCUT2D eigenvalue weighted by Gasteiger charge is -2.00. The van der Waals surface area contributed by atoms with E-state index in [0.717, 1.165) is 21.5 Å². The van der Waals surface area contributed by atoms with Crippen LogP contribution in [0.15, 0.2) is 72.8 Å². The molecule has 0 saturated heterocycles. The quantitative estimate of drug-likeness (QED) is 0.346. The van der Waals surface area contributed by atoms with Crippen molar-refractivity contribution in [1.29, 1.82) is 0 Å². The number of benzene rings is 4. The fourth-order valence-corrected chi connectivity index (χ4v) is 2.50. The smallest absolute Gasteiger partial charge is 0.373 e. The molecule has 4 N–H and O–H groups in total. The van der Waals surface area contributed by atoms with Gasteiger partial charge in [0.2, 0.25) is 0 Å². The summed E-state index contributed by atoms with van der Waals surface area (Å²) in [4.78, 5) is 32.5. The number of phenolic OH excluding ortho intramolecular Hbond substituents is 4. The highest BCUT2D eigenvalue weighted by molar-refractivity contribution is 5.89. The molecule has 4 aromatic rings. The Morgan fingerprint density at radius 2 is 0.933 bits per heavy atom. The average Bonchev–Trinajstić information content (AvgIpc) is 2.70. The molecular weight excluding hydrogens is 392 g/mol. The first-order valence-corrected chi connectivity index (χ1v) is 8.17. The summed E-state index contributed by atoms with van der Waals surface area (Å²) in [6.45, 7) is 0. The molecule has 0 heterocycles. The molecule has 0 atom stereocenters. The zero-order chi connectivity index (χ0) is 22.5. The summed E-state index contributed by atoms with van der Waals surface area (Å²) in [5.41, 5.74) is 0.